The van der Waals surface area contributed by atoms with E-state index in [1.165, 1.54) is 38.2 Å². The second kappa shape index (κ2) is 27.6. The molecule has 0 radical (unpaired) electrons. The van der Waals surface area contributed by atoms with Crippen LogP contribution >= 0.6 is 0 Å². The highest BCUT2D eigenvalue weighted by Crippen LogP contribution is 2.30. The molecule has 0 saturated carbocycles. The van der Waals surface area contributed by atoms with Crippen LogP contribution in [-0.2, 0) is 54.1 Å². The van der Waals surface area contributed by atoms with Crippen LogP contribution in [0.2, 0.25) is 0 Å². The third-order valence-corrected chi connectivity index (χ3v) is 13.4. The molecule has 6 amide bonds. The summed E-state index contributed by atoms with van der Waals surface area (Å²) >= 11 is 0. The fraction of sp³-hybridized carbons (Fsp3) is 0.750. The van der Waals surface area contributed by atoms with E-state index in [-0.39, 0.29) is 48.3 Å². The van der Waals surface area contributed by atoms with Crippen molar-refractivity contribution in [3.05, 3.63) is 35.9 Å². The average molecular weight is 973 g/mol. The van der Waals surface area contributed by atoms with E-state index in [0.717, 1.165) is 5.56 Å². The van der Waals surface area contributed by atoms with Crippen LogP contribution in [0.1, 0.15) is 121 Å². The van der Waals surface area contributed by atoms with Gasteiger partial charge in [0.1, 0.15) is 29.8 Å². The van der Waals surface area contributed by atoms with Crippen molar-refractivity contribution in [3.63, 3.8) is 0 Å². The van der Waals surface area contributed by atoms with Gasteiger partial charge in [0.2, 0.25) is 29.5 Å². The summed E-state index contributed by atoms with van der Waals surface area (Å²) in [6, 6.07) is 4.44. The van der Waals surface area contributed by atoms with E-state index < -0.39 is 89.8 Å². The molecule has 0 bridgehead atoms. The van der Waals surface area contributed by atoms with E-state index in [4.69, 9.17) is 18.9 Å². The molecule has 1 aliphatic heterocycles. The molecule has 0 aromatic heterocycles. The summed E-state index contributed by atoms with van der Waals surface area (Å²) in [6.45, 7) is 22.6. The summed E-state index contributed by atoms with van der Waals surface area (Å²) in [4.78, 5) is 104. The molecule has 1 heterocycles. The number of hydrogen-bond acceptors (Lipinski definition) is 11. The van der Waals surface area contributed by atoms with Gasteiger partial charge in [0.25, 0.3) is 0 Å². The SMILES string of the molecule is CCC(C)C(C(CC(=O)N1CCCC1C(OC)C(C)C(=O)NC(Cc1ccccc1)C(=O)OC)OC)N(C)C(=O)C(NC(=O)C(C(C)C)N(C)C(=O)C(CC(C)C)N(C)C(=O)OC(C)(C)C)C(C)C. The molecule has 1 fully saturated rings. The Balaban J connectivity index is 2.37. The molecule has 392 valence electrons. The number of nitrogens with one attached hydrogen (secondary N) is 2. The maximum Gasteiger partial charge on any atom is 0.410 e. The van der Waals surface area contributed by atoms with E-state index in [1.807, 2.05) is 85.7 Å². The zero-order chi connectivity index (χ0) is 52.7. The number of benzene rings is 1. The first-order chi connectivity index (χ1) is 32.2. The quantitative estimate of drug-likeness (QED) is 0.114. The van der Waals surface area contributed by atoms with Crippen molar-refractivity contribution in [2.75, 3.05) is 49.0 Å². The van der Waals surface area contributed by atoms with Gasteiger partial charge in [-0.25, -0.2) is 9.59 Å². The molecular weight excluding hydrogens is 885 g/mol. The smallest absolute Gasteiger partial charge is 0.410 e. The minimum absolute atomic E-state index is 0.0343. The molecular formula is C52H88N6O11. The van der Waals surface area contributed by atoms with Gasteiger partial charge in [-0.1, -0.05) is 99.1 Å². The molecule has 10 unspecified atom stereocenters. The molecule has 17 heteroatoms. The van der Waals surface area contributed by atoms with Crippen LogP contribution < -0.4 is 10.6 Å². The lowest BCUT2D eigenvalue weighted by molar-refractivity contribution is -0.149. The van der Waals surface area contributed by atoms with Crippen molar-refractivity contribution in [3.8, 4) is 0 Å². The number of rotatable bonds is 25. The average Bonchev–Trinajstić information content (AvgIpc) is 3.77. The van der Waals surface area contributed by atoms with Gasteiger partial charge in [0.15, 0.2) is 0 Å². The molecule has 0 aliphatic carbocycles. The molecule has 1 aromatic carbocycles. The minimum Gasteiger partial charge on any atom is -0.467 e. The maximum absolute atomic E-state index is 14.7. The van der Waals surface area contributed by atoms with Crippen LogP contribution in [0, 0.1) is 29.6 Å². The number of hydrogen-bond donors (Lipinski definition) is 2. The van der Waals surface area contributed by atoms with Crippen LogP contribution in [-0.4, -0.2) is 164 Å². The lowest BCUT2D eigenvalue weighted by Gasteiger charge is -2.41. The number of carbonyl (C=O) groups is 7. The van der Waals surface area contributed by atoms with E-state index >= 15 is 0 Å². The Labute approximate surface area is 413 Å². The van der Waals surface area contributed by atoms with E-state index in [9.17, 15) is 33.6 Å². The van der Waals surface area contributed by atoms with Gasteiger partial charge in [-0.15, -0.1) is 0 Å². The number of esters is 1. The predicted octanol–water partition coefficient (Wildman–Crippen LogP) is 5.71. The summed E-state index contributed by atoms with van der Waals surface area (Å²) in [5.41, 5.74) is 0.0701. The highest BCUT2D eigenvalue weighted by Gasteiger charge is 2.44. The summed E-state index contributed by atoms with van der Waals surface area (Å²) in [5.74, 6) is -4.14. The second-order valence-corrected chi connectivity index (χ2v) is 21.0. The summed E-state index contributed by atoms with van der Waals surface area (Å²) in [6.07, 6.45) is 0.307. The van der Waals surface area contributed by atoms with Gasteiger partial charge in [-0.05, 0) is 69.3 Å². The molecule has 0 spiro atoms. The molecule has 1 saturated heterocycles. The van der Waals surface area contributed by atoms with Crippen LogP contribution in [0.25, 0.3) is 0 Å². The topological polar surface area (TPSA) is 193 Å². The molecule has 1 aliphatic rings. The Kier molecular flexibility index (Phi) is 24.1. The number of methoxy groups -OCH3 is 3. The number of amides is 6. The van der Waals surface area contributed by atoms with Crippen molar-refractivity contribution in [2.24, 2.45) is 29.6 Å². The van der Waals surface area contributed by atoms with Gasteiger partial charge >= 0.3 is 12.1 Å². The highest BCUT2D eigenvalue weighted by atomic mass is 16.6. The Morgan fingerprint density at radius 3 is 1.88 bits per heavy atom. The normalized spacial score (nSPS) is 18.0. The lowest BCUT2D eigenvalue weighted by Crippen LogP contribution is -2.61. The second-order valence-electron chi connectivity index (χ2n) is 21.0. The Morgan fingerprint density at radius 1 is 0.783 bits per heavy atom. The van der Waals surface area contributed by atoms with Crippen LogP contribution in [0.3, 0.4) is 0 Å². The first-order valence-electron chi connectivity index (χ1n) is 24.7. The van der Waals surface area contributed by atoms with Gasteiger partial charge in [-0.2, -0.15) is 0 Å². The summed E-state index contributed by atoms with van der Waals surface area (Å²) in [7, 11) is 9.02. The first-order valence-corrected chi connectivity index (χ1v) is 24.7. The third-order valence-electron chi connectivity index (χ3n) is 13.4. The summed E-state index contributed by atoms with van der Waals surface area (Å²) < 4.78 is 22.7. The van der Waals surface area contributed by atoms with Crippen LogP contribution in [0.4, 0.5) is 4.79 Å². The Bertz CT molecular complexity index is 1840. The third kappa shape index (κ3) is 17.0. The fourth-order valence-electron chi connectivity index (χ4n) is 9.40. The van der Waals surface area contributed by atoms with Gasteiger partial charge in [-0.3, -0.25) is 28.9 Å². The van der Waals surface area contributed by atoms with Crippen LogP contribution in [0.5, 0.6) is 0 Å². The number of likely N-dealkylation sites (N-methyl/N-ethyl adjacent to an activating group) is 3. The molecule has 1 aromatic rings. The van der Waals surface area contributed by atoms with Crippen molar-refractivity contribution in [2.45, 2.75) is 176 Å². The van der Waals surface area contributed by atoms with Gasteiger partial charge in [0, 0.05) is 48.3 Å². The van der Waals surface area contributed by atoms with Crippen molar-refractivity contribution < 1.29 is 52.5 Å². The standard InChI is InChI=1S/C52H88N6O11/c1-19-34(8)44(40(66-16)30-41(59)58-27-23-26-38(58)45(67-17)35(9)46(60)53-37(50(64)68-18)29-36-24-21-20-22-25-36)57(15)49(63)42(32(4)5)54-47(61)43(33(6)7)56(14)48(62)39(28-31(2)3)55(13)51(65)69-52(10,11)12/h20-22,24-25,31-35,37-40,42-45H,19,23,26-30H2,1-18H3,(H,53,60)(H,54,61). The fourth-order valence-corrected chi connectivity index (χ4v) is 9.40. The lowest BCUT2D eigenvalue weighted by atomic mass is 9.89. The number of nitrogens with zero attached hydrogens (tertiary/aromatic N) is 4. The highest BCUT2D eigenvalue weighted by molar-refractivity contribution is 5.94. The number of ether oxygens (including phenoxy) is 4. The zero-order valence-electron chi connectivity index (χ0n) is 45.1. The maximum atomic E-state index is 14.7. The zero-order valence-corrected chi connectivity index (χ0v) is 45.1. The molecule has 10 atom stereocenters. The van der Waals surface area contributed by atoms with Gasteiger partial charge in [0.05, 0.1) is 43.7 Å². The van der Waals surface area contributed by atoms with Crippen LogP contribution in [0.15, 0.2) is 30.3 Å². The molecule has 69 heavy (non-hydrogen) atoms. The van der Waals surface area contributed by atoms with E-state index in [2.05, 4.69) is 10.6 Å². The molecule has 17 nitrogen and oxygen atoms in total. The van der Waals surface area contributed by atoms with Crippen molar-refractivity contribution >= 4 is 41.6 Å². The van der Waals surface area contributed by atoms with Crippen molar-refractivity contribution in [1.29, 1.82) is 0 Å². The first kappa shape index (κ1) is 60.4. The molecule has 2 rings (SSSR count). The van der Waals surface area contributed by atoms with E-state index in [0.29, 0.717) is 32.2 Å². The van der Waals surface area contributed by atoms with Gasteiger partial charge < -0.3 is 44.3 Å². The number of carbonyl (C=O) groups excluding carboxylic acids is 7. The summed E-state index contributed by atoms with van der Waals surface area (Å²) in [5, 5.41) is 5.85. The monoisotopic (exact) mass is 973 g/mol. The minimum atomic E-state index is -1.01. The Morgan fingerprint density at radius 2 is 1.39 bits per heavy atom. The Hall–Kier alpha value is -4.77. The van der Waals surface area contributed by atoms with Crippen molar-refractivity contribution in [1.82, 2.24) is 30.2 Å². The largest absolute Gasteiger partial charge is 0.467 e. The predicted molar refractivity (Wildman–Crippen MR) is 266 cm³/mol. The molecule has 2 N–H and O–H groups in total. The number of likely N-dealkylation sites (tertiary alicyclic amines) is 1. The van der Waals surface area contributed by atoms with E-state index in [1.54, 1.807) is 51.6 Å².